The van der Waals surface area contributed by atoms with E-state index in [0.717, 1.165) is 31.7 Å². The second-order valence-electron chi connectivity index (χ2n) is 6.08. The van der Waals surface area contributed by atoms with Crippen LogP contribution >= 0.6 is 0 Å². The lowest BCUT2D eigenvalue weighted by molar-refractivity contribution is -0.148. The molecule has 23 heavy (non-hydrogen) atoms. The summed E-state index contributed by atoms with van der Waals surface area (Å²) in [6, 6.07) is 1.81. The first-order chi connectivity index (χ1) is 10.9. The fourth-order valence-electron chi connectivity index (χ4n) is 2.41. The van der Waals surface area contributed by atoms with Gasteiger partial charge in [-0.25, -0.2) is 9.97 Å². The van der Waals surface area contributed by atoms with Gasteiger partial charge in [0.15, 0.2) is 0 Å². The molecule has 1 aromatic rings. The Kier molecular flexibility index (Phi) is 5.56. The highest BCUT2D eigenvalue weighted by Gasteiger charge is 2.26. The SMILES string of the molecule is CCOC(=O)C1CCN(c2cc(C#CC(C)(C)O)ncn2)CC1. The average molecular weight is 317 g/mol. The normalized spacial score (nSPS) is 15.7. The summed E-state index contributed by atoms with van der Waals surface area (Å²) < 4.78 is 5.08. The van der Waals surface area contributed by atoms with Gasteiger partial charge < -0.3 is 14.7 Å². The van der Waals surface area contributed by atoms with Gasteiger partial charge in [0.1, 0.15) is 23.4 Å². The number of ether oxygens (including phenoxy) is 1. The third kappa shape index (κ3) is 5.22. The molecule has 1 fully saturated rings. The van der Waals surface area contributed by atoms with Crippen molar-refractivity contribution in [3.63, 3.8) is 0 Å². The summed E-state index contributed by atoms with van der Waals surface area (Å²) in [5.74, 6) is 6.26. The molecule has 0 aromatic carbocycles. The maximum Gasteiger partial charge on any atom is 0.309 e. The van der Waals surface area contributed by atoms with Crippen molar-refractivity contribution in [1.82, 2.24) is 9.97 Å². The fourth-order valence-corrected chi connectivity index (χ4v) is 2.41. The first-order valence-electron chi connectivity index (χ1n) is 7.88. The van der Waals surface area contributed by atoms with Crippen LogP contribution in [0.1, 0.15) is 39.3 Å². The number of rotatable bonds is 3. The summed E-state index contributed by atoms with van der Waals surface area (Å²) in [7, 11) is 0. The number of nitrogens with zero attached hydrogens (tertiary/aromatic N) is 3. The molecule has 0 atom stereocenters. The average Bonchev–Trinajstić information content (AvgIpc) is 2.53. The minimum absolute atomic E-state index is 0.0255. The summed E-state index contributed by atoms with van der Waals surface area (Å²) in [6.07, 6.45) is 2.99. The molecule has 0 radical (unpaired) electrons. The van der Waals surface area contributed by atoms with Crippen LogP contribution < -0.4 is 4.90 Å². The first kappa shape index (κ1) is 17.2. The summed E-state index contributed by atoms with van der Waals surface area (Å²) in [5, 5.41) is 9.65. The largest absolute Gasteiger partial charge is 0.466 e. The van der Waals surface area contributed by atoms with Crippen LogP contribution in [0.2, 0.25) is 0 Å². The monoisotopic (exact) mass is 317 g/mol. The Bertz CT molecular complexity index is 605. The zero-order valence-electron chi connectivity index (χ0n) is 13.9. The summed E-state index contributed by atoms with van der Waals surface area (Å²) in [4.78, 5) is 22.3. The molecule has 6 heteroatoms. The van der Waals surface area contributed by atoms with Crippen molar-refractivity contribution in [3.05, 3.63) is 18.1 Å². The topological polar surface area (TPSA) is 75.5 Å². The molecule has 2 heterocycles. The van der Waals surface area contributed by atoms with E-state index in [1.165, 1.54) is 6.33 Å². The first-order valence-corrected chi connectivity index (χ1v) is 7.88. The van der Waals surface area contributed by atoms with Gasteiger partial charge in [-0.15, -0.1) is 0 Å². The molecule has 2 rings (SSSR count). The van der Waals surface area contributed by atoms with E-state index >= 15 is 0 Å². The lowest BCUT2D eigenvalue weighted by Gasteiger charge is -2.31. The van der Waals surface area contributed by atoms with Crippen molar-refractivity contribution < 1.29 is 14.6 Å². The number of aliphatic hydroxyl groups is 1. The minimum Gasteiger partial charge on any atom is -0.466 e. The van der Waals surface area contributed by atoms with Gasteiger partial charge in [0.05, 0.1) is 12.5 Å². The Morgan fingerprint density at radius 1 is 1.43 bits per heavy atom. The minimum atomic E-state index is -1.05. The molecular weight excluding hydrogens is 294 g/mol. The van der Waals surface area contributed by atoms with Crippen molar-refractivity contribution >= 4 is 11.8 Å². The van der Waals surface area contributed by atoms with Crippen LogP contribution in [0.3, 0.4) is 0 Å². The van der Waals surface area contributed by atoms with Crippen LogP contribution in [0.4, 0.5) is 5.82 Å². The molecule has 0 amide bonds. The summed E-state index contributed by atoms with van der Waals surface area (Å²) in [5.41, 5.74) is -0.479. The van der Waals surface area contributed by atoms with E-state index in [1.807, 2.05) is 13.0 Å². The number of piperidine rings is 1. The second-order valence-corrected chi connectivity index (χ2v) is 6.08. The van der Waals surface area contributed by atoms with E-state index in [-0.39, 0.29) is 11.9 Å². The van der Waals surface area contributed by atoms with E-state index in [9.17, 15) is 9.90 Å². The lowest BCUT2D eigenvalue weighted by Crippen LogP contribution is -2.37. The van der Waals surface area contributed by atoms with Crippen molar-refractivity contribution in [2.75, 3.05) is 24.6 Å². The maximum absolute atomic E-state index is 11.8. The van der Waals surface area contributed by atoms with Crippen LogP contribution in [-0.4, -0.2) is 46.3 Å². The molecule has 6 nitrogen and oxygen atoms in total. The van der Waals surface area contributed by atoms with Crippen LogP contribution in [0.5, 0.6) is 0 Å². The molecule has 0 spiro atoms. The fraction of sp³-hybridized carbons (Fsp3) is 0.588. The molecule has 124 valence electrons. The van der Waals surface area contributed by atoms with Crippen LogP contribution in [0, 0.1) is 17.8 Å². The highest BCUT2D eigenvalue weighted by atomic mass is 16.5. The summed E-state index contributed by atoms with van der Waals surface area (Å²) in [6.45, 7) is 7.00. The van der Waals surface area contributed by atoms with Crippen LogP contribution in [0.15, 0.2) is 12.4 Å². The van der Waals surface area contributed by atoms with Crippen molar-refractivity contribution in [3.8, 4) is 11.8 Å². The standard InChI is InChI=1S/C17H23N3O3/c1-4-23-16(21)13-6-9-20(10-7-13)15-11-14(18-12-19-15)5-8-17(2,3)22/h11-13,22H,4,6-7,9-10H2,1-3H3. The van der Waals surface area contributed by atoms with Gasteiger partial charge in [0.2, 0.25) is 0 Å². The Balaban J connectivity index is 2.01. The van der Waals surface area contributed by atoms with E-state index < -0.39 is 5.60 Å². The Hall–Kier alpha value is -2.13. The Morgan fingerprint density at radius 3 is 2.74 bits per heavy atom. The van der Waals surface area contributed by atoms with E-state index in [1.54, 1.807) is 13.8 Å². The lowest BCUT2D eigenvalue weighted by atomic mass is 9.97. The number of esters is 1. The predicted octanol–water partition coefficient (Wildman–Crippen LogP) is 1.38. The van der Waals surface area contributed by atoms with Crippen LogP contribution in [-0.2, 0) is 9.53 Å². The molecule has 1 N–H and O–H groups in total. The molecule has 1 saturated heterocycles. The van der Waals surface area contributed by atoms with Gasteiger partial charge in [0, 0.05) is 19.2 Å². The van der Waals surface area contributed by atoms with Crippen molar-refractivity contribution in [1.29, 1.82) is 0 Å². The number of hydrogen-bond donors (Lipinski definition) is 1. The predicted molar refractivity (Wildman–Crippen MR) is 86.8 cm³/mol. The van der Waals surface area contributed by atoms with Crippen LogP contribution in [0.25, 0.3) is 0 Å². The van der Waals surface area contributed by atoms with Gasteiger partial charge in [0.25, 0.3) is 0 Å². The van der Waals surface area contributed by atoms with E-state index in [2.05, 4.69) is 26.7 Å². The Morgan fingerprint density at radius 2 is 2.13 bits per heavy atom. The smallest absolute Gasteiger partial charge is 0.309 e. The summed E-state index contributed by atoms with van der Waals surface area (Å²) >= 11 is 0. The third-order valence-electron chi connectivity index (χ3n) is 3.59. The highest BCUT2D eigenvalue weighted by Crippen LogP contribution is 2.22. The molecule has 1 aliphatic rings. The molecule has 0 unspecified atom stereocenters. The van der Waals surface area contributed by atoms with Crippen molar-refractivity contribution in [2.45, 2.75) is 39.2 Å². The number of aromatic nitrogens is 2. The molecule has 0 saturated carbocycles. The van der Waals surface area contributed by atoms with Gasteiger partial charge in [-0.2, -0.15) is 0 Å². The van der Waals surface area contributed by atoms with Gasteiger partial charge in [-0.3, -0.25) is 4.79 Å². The van der Waals surface area contributed by atoms with Gasteiger partial charge in [-0.05, 0) is 39.5 Å². The molecule has 1 aliphatic heterocycles. The molecule has 0 bridgehead atoms. The highest BCUT2D eigenvalue weighted by molar-refractivity contribution is 5.72. The molecule has 0 aliphatic carbocycles. The molecule has 1 aromatic heterocycles. The third-order valence-corrected chi connectivity index (χ3v) is 3.59. The quantitative estimate of drug-likeness (QED) is 0.670. The number of anilines is 1. The van der Waals surface area contributed by atoms with Gasteiger partial charge >= 0.3 is 5.97 Å². The number of carbonyl (C=O) groups excluding carboxylic acids is 1. The molecular formula is C17H23N3O3. The number of hydrogen-bond acceptors (Lipinski definition) is 6. The second kappa shape index (κ2) is 7.42. The maximum atomic E-state index is 11.8. The van der Waals surface area contributed by atoms with Crippen molar-refractivity contribution in [2.24, 2.45) is 5.92 Å². The Labute approximate surface area is 136 Å². The zero-order chi connectivity index (χ0) is 16.9. The van der Waals surface area contributed by atoms with E-state index in [4.69, 9.17) is 4.74 Å². The number of carbonyl (C=O) groups is 1. The zero-order valence-corrected chi connectivity index (χ0v) is 13.9. The van der Waals surface area contributed by atoms with E-state index in [0.29, 0.717) is 12.3 Å². The van der Waals surface area contributed by atoms with Gasteiger partial charge in [-0.1, -0.05) is 5.92 Å².